The lowest BCUT2D eigenvalue weighted by Crippen LogP contribution is -2.60. The zero-order valence-corrected chi connectivity index (χ0v) is 38.5. The van der Waals surface area contributed by atoms with Crippen LogP contribution in [0, 0.1) is 0 Å². The van der Waals surface area contributed by atoms with E-state index in [-0.39, 0.29) is 74.1 Å². The van der Waals surface area contributed by atoms with Gasteiger partial charge < -0.3 is 47.7 Å². The van der Waals surface area contributed by atoms with Crippen molar-refractivity contribution >= 4 is 91.9 Å². The zero-order valence-electron chi connectivity index (χ0n) is 34.9. The maximum atomic E-state index is 13.7. The van der Waals surface area contributed by atoms with Crippen molar-refractivity contribution in [3.63, 3.8) is 0 Å². The maximum Gasteiger partial charge on any atom is 0.243 e. The smallest absolute Gasteiger partial charge is 0.243 e. The van der Waals surface area contributed by atoms with Gasteiger partial charge in [-0.25, -0.2) is 0 Å². The number of carbonyl (C=O) groups excluding carboxylic acids is 7. The van der Waals surface area contributed by atoms with Crippen molar-refractivity contribution in [3.8, 4) is 0 Å². The molecule has 0 aromatic rings. The lowest BCUT2D eigenvalue weighted by molar-refractivity contribution is -0.133. The van der Waals surface area contributed by atoms with Gasteiger partial charge in [0.2, 0.25) is 41.4 Å². The average Bonchev–Trinajstić information content (AvgIpc) is 3.12. The third-order valence-corrected chi connectivity index (χ3v) is 9.45. The Morgan fingerprint density at radius 3 is 1.31 bits per heavy atom. The molecule has 336 valence electrons. The molecule has 0 aromatic carbocycles. The van der Waals surface area contributed by atoms with Gasteiger partial charge in [0.25, 0.3) is 0 Å². The summed E-state index contributed by atoms with van der Waals surface area (Å²) in [5.41, 5.74) is 4.88. The molecule has 0 heterocycles. The minimum atomic E-state index is -1.17. The average molecular weight is 897 g/mol. The number of amides is 7. The van der Waals surface area contributed by atoms with Crippen LogP contribution in [-0.2, 0) is 38.3 Å². The van der Waals surface area contributed by atoms with Crippen molar-refractivity contribution in [2.75, 3.05) is 49.3 Å². The third kappa shape index (κ3) is 29.8. The zero-order chi connectivity index (χ0) is 44.0. The SMILES string of the molecule is CC(N)(CCOC(C)(C)C)NC(=O)C(CCCCNC(=O)C(CCCCNC(=O)CCS)NC(=O)CCS)NC(=O)C(CCCCNC(=O)CCS)NC(=O)CCS. The number of nitrogens with two attached hydrogens (primary N) is 1. The van der Waals surface area contributed by atoms with Gasteiger partial charge in [-0.3, -0.25) is 33.6 Å². The van der Waals surface area contributed by atoms with E-state index in [4.69, 9.17) is 10.5 Å². The summed E-state index contributed by atoms with van der Waals surface area (Å²) in [6, 6.07) is -2.75. The van der Waals surface area contributed by atoms with Gasteiger partial charge in [-0.05, 0) is 108 Å². The number of rotatable bonds is 33. The van der Waals surface area contributed by atoms with E-state index in [0.717, 1.165) is 0 Å². The fourth-order valence-electron chi connectivity index (χ4n) is 5.41. The highest BCUT2D eigenvalue weighted by Gasteiger charge is 2.30. The second-order valence-corrected chi connectivity index (χ2v) is 17.1. The third-order valence-electron chi connectivity index (χ3n) is 8.56. The first kappa shape index (κ1) is 55.6. The summed E-state index contributed by atoms with van der Waals surface area (Å²) in [6.45, 7) is 8.77. The molecule has 0 saturated heterocycles. The molecule has 0 aliphatic heterocycles. The maximum absolute atomic E-state index is 13.7. The van der Waals surface area contributed by atoms with Gasteiger partial charge in [0, 0.05) is 51.7 Å². The Labute approximate surface area is 367 Å². The van der Waals surface area contributed by atoms with Crippen LogP contribution in [0.1, 0.15) is 118 Å². The summed E-state index contributed by atoms with van der Waals surface area (Å²) in [5, 5.41) is 19.6. The predicted octanol–water partition coefficient (Wildman–Crippen LogP) is 1.58. The van der Waals surface area contributed by atoms with Crippen LogP contribution in [0.4, 0.5) is 0 Å². The largest absolute Gasteiger partial charge is 0.376 e. The molecule has 0 spiro atoms. The van der Waals surface area contributed by atoms with E-state index in [2.05, 4.69) is 87.7 Å². The molecule has 0 aliphatic rings. The normalized spacial score (nSPS) is 13.9. The van der Waals surface area contributed by atoms with E-state index in [1.807, 2.05) is 20.8 Å². The molecule has 58 heavy (non-hydrogen) atoms. The Morgan fingerprint density at radius 1 is 0.517 bits per heavy atom. The summed E-state index contributed by atoms with van der Waals surface area (Å²) in [4.78, 5) is 89.0. The van der Waals surface area contributed by atoms with Crippen molar-refractivity contribution in [3.05, 3.63) is 0 Å². The fourth-order valence-corrected chi connectivity index (χ4v) is 6.22. The fraction of sp³-hybridized carbons (Fsp3) is 0.816. The van der Waals surface area contributed by atoms with Gasteiger partial charge in [0.05, 0.1) is 17.9 Å². The molecule has 0 radical (unpaired) electrons. The highest BCUT2D eigenvalue weighted by atomic mass is 32.1. The molecule has 0 saturated carbocycles. The van der Waals surface area contributed by atoms with Crippen LogP contribution in [-0.4, -0.2) is 120 Å². The molecule has 0 fully saturated rings. The van der Waals surface area contributed by atoms with Crippen LogP contribution in [0.25, 0.3) is 0 Å². The summed E-state index contributed by atoms with van der Waals surface area (Å²) in [5.74, 6) is -0.790. The Kier molecular flexibility index (Phi) is 31.1. The Bertz CT molecular complexity index is 1260. The predicted molar refractivity (Wildman–Crippen MR) is 241 cm³/mol. The molecule has 0 bridgehead atoms. The molecule has 0 aromatic heterocycles. The number of thiol groups is 4. The topological polar surface area (TPSA) is 239 Å². The molecular formula is C38H72N8O8S4. The first-order valence-corrected chi connectivity index (χ1v) is 22.8. The summed E-state index contributed by atoms with van der Waals surface area (Å²) in [7, 11) is 0. The second kappa shape index (κ2) is 32.4. The Hall–Kier alpha value is -2.39. The number of hydrogen-bond acceptors (Lipinski definition) is 13. The van der Waals surface area contributed by atoms with Crippen LogP contribution in [0.3, 0.4) is 0 Å². The Balaban J connectivity index is 5.70. The lowest BCUT2D eigenvalue weighted by Gasteiger charge is -2.31. The van der Waals surface area contributed by atoms with Crippen molar-refractivity contribution in [1.82, 2.24) is 37.2 Å². The van der Waals surface area contributed by atoms with Crippen LogP contribution >= 0.6 is 50.5 Å². The van der Waals surface area contributed by atoms with Crippen LogP contribution < -0.4 is 43.0 Å². The minimum absolute atomic E-state index is 0.0942. The lowest BCUT2D eigenvalue weighted by atomic mass is 10.0. The number of ether oxygens (including phenoxy) is 1. The van der Waals surface area contributed by atoms with E-state index >= 15 is 0 Å². The monoisotopic (exact) mass is 896 g/mol. The molecule has 4 atom stereocenters. The molecular weight excluding hydrogens is 825 g/mol. The molecule has 0 rings (SSSR count). The van der Waals surface area contributed by atoms with E-state index in [9.17, 15) is 33.6 Å². The van der Waals surface area contributed by atoms with Gasteiger partial charge in [0.15, 0.2) is 0 Å². The highest BCUT2D eigenvalue weighted by Crippen LogP contribution is 2.12. The van der Waals surface area contributed by atoms with Gasteiger partial charge in [-0.15, -0.1) is 0 Å². The van der Waals surface area contributed by atoms with Crippen molar-refractivity contribution in [1.29, 1.82) is 0 Å². The summed E-state index contributed by atoms with van der Waals surface area (Å²) >= 11 is 16.3. The van der Waals surface area contributed by atoms with Gasteiger partial charge in [0.1, 0.15) is 18.1 Å². The standard InChI is InChI=1S/C38H72N8O8S4/c1-37(2,3)54-22-18-38(4,39)46-36(53)29(45-35(52)28(44-33(50)17-26-58)12-6-9-20-41-31(48)15-24-56)13-7-10-21-42-34(51)27(43-32(49)16-25-57)11-5-8-19-40-30(47)14-23-55/h27-29,55-58H,5-26,39H2,1-4H3,(H,40,47)(H,41,48)(H,42,51)(H,43,49)(H,44,50)(H,45,52)(H,46,53). The number of unbranched alkanes of at least 4 members (excludes halogenated alkanes) is 3. The van der Waals surface area contributed by atoms with E-state index in [1.165, 1.54) is 0 Å². The number of hydrogen-bond donors (Lipinski definition) is 12. The van der Waals surface area contributed by atoms with Crippen molar-refractivity contribution in [2.45, 2.75) is 147 Å². The molecule has 0 aliphatic carbocycles. The molecule has 16 nitrogen and oxygen atoms in total. The van der Waals surface area contributed by atoms with Gasteiger partial charge in [-0.2, -0.15) is 50.5 Å². The van der Waals surface area contributed by atoms with Gasteiger partial charge in [-0.1, -0.05) is 0 Å². The summed E-state index contributed by atoms with van der Waals surface area (Å²) in [6.07, 6.45) is 5.14. The van der Waals surface area contributed by atoms with E-state index in [0.29, 0.717) is 94.6 Å². The van der Waals surface area contributed by atoms with Crippen LogP contribution in [0.15, 0.2) is 0 Å². The van der Waals surface area contributed by atoms with Crippen molar-refractivity contribution in [2.24, 2.45) is 5.73 Å². The molecule has 20 heteroatoms. The first-order valence-electron chi connectivity index (χ1n) is 20.3. The molecule has 7 amide bonds. The van der Waals surface area contributed by atoms with Gasteiger partial charge >= 0.3 is 0 Å². The first-order chi connectivity index (χ1) is 27.4. The van der Waals surface area contributed by atoms with E-state index < -0.39 is 41.2 Å². The van der Waals surface area contributed by atoms with Crippen LogP contribution in [0.5, 0.6) is 0 Å². The minimum Gasteiger partial charge on any atom is -0.376 e. The van der Waals surface area contributed by atoms with Crippen molar-refractivity contribution < 1.29 is 38.3 Å². The summed E-state index contributed by atoms with van der Waals surface area (Å²) < 4.78 is 5.80. The molecule has 4 unspecified atom stereocenters. The van der Waals surface area contributed by atoms with Crippen LogP contribution in [0.2, 0.25) is 0 Å². The number of nitrogens with one attached hydrogen (secondary N) is 7. The molecule has 9 N–H and O–H groups in total. The Morgan fingerprint density at radius 2 is 0.897 bits per heavy atom. The highest BCUT2D eigenvalue weighted by molar-refractivity contribution is 7.80. The van der Waals surface area contributed by atoms with E-state index in [1.54, 1.807) is 6.92 Å². The quantitative estimate of drug-likeness (QED) is 0.0260. The second-order valence-electron chi connectivity index (χ2n) is 15.3. The number of carbonyl (C=O) groups is 7.